The lowest BCUT2D eigenvalue weighted by Gasteiger charge is -2.33. The predicted octanol–water partition coefficient (Wildman–Crippen LogP) is 3.07. The molecule has 4 rings (SSSR count). The number of anilines is 1. The summed E-state index contributed by atoms with van der Waals surface area (Å²) in [5.41, 5.74) is 1.52. The van der Waals surface area contributed by atoms with E-state index in [4.69, 9.17) is 9.84 Å². The van der Waals surface area contributed by atoms with Crippen molar-refractivity contribution in [3.05, 3.63) is 53.5 Å². The van der Waals surface area contributed by atoms with E-state index in [2.05, 4.69) is 4.98 Å². The zero-order chi connectivity index (χ0) is 17.4. The molecule has 1 aliphatic heterocycles. The molecule has 2 heterocycles. The minimum Gasteiger partial charge on any atom is -0.481 e. The van der Waals surface area contributed by atoms with E-state index in [0.717, 1.165) is 15.2 Å². The number of para-hydroxylation sites is 3. The van der Waals surface area contributed by atoms with Gasteiger partial charge in [0.05, 0.1) is 28.9 Å². The van der Waals surface area contributed by atoms with Gasteiger partial charge >= 0.3 is 5.97 Å². The lowest BCUT2D eigenvalue weighted by molar-refractivity contribution is -0.142. The number of rotatable bonds is 4. The fraction of sp³-hybridized carbons (Fsp3) is 0.167. The Labute approximate surface area is 147 Å². The maximum Gasteiger partial charge on any atom is 0.307 e. The van der Waals surface area contributed by atoms with Gasteiger partial charge in [-0.25, -0.2) is 4.98 Å². The number of aliphatic carboxylic acids is 1. The van der Waals surface area contributed by atoms with E-state index in [1.54, 1.807) is 23.1 Å². The number of carboxylic acids is 1. The minimum absolute atomic E-state index is 0.286. The lowest BCUT2D eigenvalue weighted by atomic mass is 10.1. The number of carboxylic acid groups (broad SMARTS) is 1. The fourth-order valence-corrected chi connectivity index (χ4v) is 3.81. The molecule has 0 aliphatic carbocycles. The monoisotopic (exact) mass is 354 g/mol. The van der Waals surface area contributed by atoms with E-state index in [1.807, 2.05) is 30.3 Å². The zero-order valence-electron chi connectivity index (χ0n) is 13.1. The van der Waals surface area contributed by atoms with Gasteiger partial charge in [-0.1, -0.05) is 24.3 Å². The number of hydrogen-bond donors (Lipinski definition) is 1. The maximum atomic E-state index is 12.8. The van der Waals surface area contributed by atoms with Crippen LogP contribution in [0.2, 0.25) is 0 Å². The van der Waals surface area contributed by atoms with Gasteiger partial charge in [0.2, 0.25) is 0 Å². The zero-order valence-corrected chi connectivity index (χ0v) is 13.9. The van der Waals surface area contributed by atoms with Crippen molar-refractivity contribution in [2.24, 2.45) is 0 Å². The summed E-state index contributed by atoms with van der Waals surface area (Å²) in [7, 11) is 0. The van der Waals surface area contributed by atoms with Gasteiger partial charge in [-0.15, -0.1) is 11.3 Å². The molecule has 25 heavy (non-hydrogen) atoms. The molecule has 126 valence electrons. The van der Waals surface area contributed by atoms with Crippen molar-refractivity contribution in [1.82, 2.24) is 4.98 Å². The lowest BCUT2D eigenvalue weighted by Crippen LogP contribution is -2.46. The van der Waals surface area contributed by atoms with Gasteiger partial charge in [-0.3, -0.25) is 14.5 Å². The highest BCUT2D eigenvalue weighted by atomic mass is 32.1. The van der Waals surface area contributed by atoms with Crippen LogP contribution in [0.25, 0.3) is 10.2 Å². The number of fused-ring (bicyclic) bond motifs is 2. The molecule has 1 aromatic heterocycles. The van der Waals surface area contributed by atoms with Gasteiger partial charge in [0.25, 0.3) is 5.91 Å². The first-order chi connectivity index (χ1) is 12.1. The fourth-order valence-electron chi connectivity index (χ4n) is 2.85. The highest BCUT2D eigenvalue weighted by Gasteiger charge is 2.36. The average Bonchev–Trinajstić information content (AvgIpc) is 3.00. The van der Waals surface area contributed by atoms with Crippen molar-refractivity contribution >= 4 is 39.1 Å². The van der Waals surface area contributed by atoms with Gasteiger partial charge in [0.1, 0.15) is 10.8 Å². The summed E-state index contributed by atoms with van der Waals surface area (Å²) in [4.78, 5) is 29.9. The van der Waals surface area contributed by atoms with Crippen LogP contribution in [0.3, 0.4) is 0 Å². The second-order valence-corrected chi connectivity index (χ2v) is 6.79. The molecular weight excluding hydrogens is 340 g/mol. The van der Waals surface area contributed by atoms with E-state index in [1.165, 1.54) is 11.3 Å². The third-order valence-corrected chi connectivity index (χ3v) is 4.98. The molecule has 1 amide bonds. The standard InChI is InChI=1S/C18H14N2O4S/c21-17(22)9-14-18(23)20(12-6-2-3-7-13(12)24-14)10-16-19-11-5-1-4-8-15(11)25-16/h1-8,14H,9-10H2,(H,21,22). The summed E-state index contributed by atoms with van der Waals surface area (Å²) >= 11 is 1.52. The highest BCUT2D eigenvalue weighted by molar-refractivity contribution is 7.18. The minimum atomic E-state index is -1.07. The van der Waals surface area contributed by atoms with Crippen molar-refractivity contribution in [1.29, 1.82) is 0 Å². The van der Waals surface area contributed by atoms with Crippen LogP contribution in [0, 0.1) is 0 Å². The molecule has 1 aliphatic rings. The Hall–Kier alpha value is -2.93. The first kappa shape index (κ1) is 15.6. The molecule has 0 spiro atoms. The molecule has 0 bridgehead atoms. The highest BCUT2D eigenvalue weighted by Crippen LogP contribution is 2.36. The van der Waals surface area contributed by atoms with Gasteiger partial charge in [-0.05, 0) is 24.3 Å². The Bertz CT molecular complexity index is 935. The molecule has 0 radical (unpaired) electrons. The summed E-state index contributed by atoms with van der Waals surface area (Å²) in [6.07, 6.45) is -1.40. The number of benzene rings is 2. The number of nitrogens with zero attached hydrogens (tertiary/aromatic N) is 2. The van der Waals surface area contributed by atoms with Crippen molar-refractivity contribution in [2.75, 3.05) is 4.90 Å². The molecule has 0 saturated heterocycles. The van der Waals surface area contributed by atoms with Crippen LogP contribution in [0.15, 0.2) is 48.5 Å². The molecule has 7 heteroatoms. The molecular formula is C18H14N2O4S. The van der Waals surface area contributed by atoms with Crippen LogP contribution in [0.4, 0.5) is 5.69 Å². The number of hydrogen-bond acceptors (Lipinski definition) is 5. The normalized spacial score (nSPS) is 16.6. The number of ether oxygens (including phenoxy) is 1. The van der Waals surface area contributed by atoms with Crippen molar-refractivity contribution < 1.29 is 19.4 Å². The smallest absolute Gasteiger partial charge is 0.307 e. The predicted molar refractivity (Wildman–Crippen MR) is 93.9 cm³/mol. The first-order valence-electron chi connectivity index (χ1n) is 7.75. The average molecular weight is 354 g/mol. The number of aromatic nitrogens is 1. The van der Waals surface area contributed by atoms with E-state index >= 15 is 0 Å². The van der Waals surface area contributed by atoms with E-state index in [-0.39, 0.29) is 18.9 Å². The quantitative estimate of drug-likeness (QED) is 0.779. The van der Waals surface area contributed by atoms with Crippen molar-refractivity contribution in [2.45, 2.75) is 19.1 Å². The molecule has 3 aromatic rings. The summed E-state index contributed by atoms with van der Waals surface area (Å²) < 4.78 is 6.64. The Kier molecular flexibility index (Phi) is 3.85. The maximum absolute atomic E-state index is 12.8. The molecule has 1 unspecified atom stereocenters. The van der Waals surface area contributed by atoms with Crippen LogP contribution in [-0.4, -0.2) is 28.1 Å². The topological polar surface area (TPSA) is 79.7 Å². The Morgan fingerprint density at radius 2 is 1.96 bits per heavy atom. The van der Waals surface area contributed by atoms with Gasteiger partial charge in [-0.2, -0.15) is 0 Å². The van der Waals surface area contributed by atoms with Gasteiger partial charge in [0, 0.05) is 0 Å². The van der Waals surface area contributed by atoms with Crippen molar-refractivity contribution in [3.63, 3.8) is 0 Å². The molecule has 1 atom stereocenters. The summed E-state index contributed by atoms with van der Waals surface area (Å²) in [5, 5.41) is 9.83. The molecule has 6 nitrogen and oxygen atoms in total. The number of carbonyl (C=O) groups is 2. The SMILES string of the molecule is O=C(O)CC1Oc2ccccc2N(Cc2nc3ccccc3s2)C1=O. The first-order valence-corrected chi connectivity index (χ1v) is 8.57. The Morgan fingerprint density at radius 1 is 1.20 bits per heavy atom. The summed E-state index contributed by atoms with van der Waals surface area (Å²) in [6.45, 7) is 0.286. The van der Waals surface area contributed by atoms with Gasteiger partial charge < -0.3 is 9.84 Å². The van der Waals surface area contributed by atoms with Crippen LogP contribution < -0.4 is 9.64 Å². The molecule has 0 fully saturated rings. The van der Waals surface area contributed by atoms with E-state index < -0.39 is 12.1 Å². The summed E-state index contributed by atoms with van der Waals surface area (Å²) in [6, 6.07) is 14.9. The Balaban J connectivity index is 1.70. The number of carbonyl (C=O) groups excluding carboxylic acids is 1. The third-order valence-electron chi connectivity index (χ3n) is 3.96. The largest absolute Gasteiger partial charge is 0.481 e. The van der Waals surface area contributed by atoms with Crippen molar-refractivity contribution in [3.8, 4) is 5.75 Å². The van der Waals surface area contributed by atoms with Crippen LogP contribution in [0.1, 0.15) is 11.4 Å². The third kappa shape index (κ3) is 2.94. The van der Waals surface area contributed by atoms with Gasteiger partial charge in [0.15, 0.2) is 6.10 Å². The summed E-state index contributed by atoms with van der Waals surface area (Å²) in [5.74, 6) is -0.924. The Morgan fingerprint density at radius 3 is 2.76 bits per heavy atom. The second-order valence-electron chi connectivity index (χ2n) is 5.67. The number of thiazole rings is 1. The second kappa shape index (κ2) is 6.18. The van der Waals surface area contributed by atoms with Crippen LogP contribution >= 0.6 is 11.3 Å². The molecule has 1 N–H and O–H groups in total. The van der Waals surface area contributed by atoms with Crippen LogP contribution in [0.5, 0.6) is 5.75 Å². The number of amides is 1. The molecule has 2 aromatic carbocycles. The van der Waals surface area contributed by atoms with E-state index in [9.17, 15) is 9.59 Å². The van der Waals surface area contributed by atoms with Crippen LogP contribution in [-0.2, 0) is 16.1 Å². The molecule has 0 saturated carbocycles. The van der Waals surface area contributed by atoms with E-state index in [0.29, 0.717) is 11.4 Å².